The zero-order chi connectivity index (χ0) is 16.7. The zero-order valence-corrected chi connectivity index (χ0v) is 13.6. The summed E-state index contributed by atoms with van der Waals surface area (Å²) in [5.41, 5.74) is 0.434. The SMILES string of the molecule is O=C(NC1CC2CCC1N2)c1cnc(-c2ccccc2[N+](=O)[O-])s1. The van der Waals surface area contributed by atoms with Crippen molar-refractivity contribution in [1.29, 1.82) is 0 Å². The van der Waals surface area contributed by atoms with Crippen LogP contribution >= 0.6 is 11.3 Å². The lowest BCUT2D eigenvalue weighted by Crippen LogP contribution is -2.42. The maximum Gasteiger partial charge on any atom is 0.279 e. The molecule has 24 heavy (non-hydrogen) atoms. The number of nitro groups is 1. The van der Waals surface area contributed by atoms with Crippen LogP contribution in [0.4, 0.5) is 5.69 Å². The highest BCUT2D eigenvalue weighted by Gasteiger charge is 2.39. The smallest absolute Gasteiger partial charge is 0.279 e. The van der Waals surface area contributed by atoms with Gasteiger partial charge in [0, 0.05) is 24.2 Å². The molecule has 2 saturated heterocycles. The summed E-state index contributed by atoms with van der Waals surface area (Å²) in [4.78, 5) is 27.8. The molecule has 7 nitrogen and oxygen atoms in total. The molecule has 0 spiro atoms. The number of rotatable bonds is 4. The van der Waals surface area contributed by atoms with Crippen molar-refractivity contribution in [2.24, 2.45) is 0 Å². The zero-order valence-electron chi connectivity index (χ0n) is 12.8. The van der Waals surface area contributed by atoms with Gasteiger partial charge in [-0.05, 0) is 25.3 Å². The van der Waals surface area contributed by atoms with Crippen LogP contribution in [0.1, 0.15) is 28.9 Å². The number of aromatic nitrogens is 1. The molecule has 3 heterocycles. The molecule has 0 saturated carbocycles. The van der Waals surface area contributed by atoms with Crippen LogP contribution in [-0.2, 0) is 0 Å². The lowest BCUT2D eigenvalue weighted by molar-refractivity contribution is -0.384. The van der Waals surface area contributed by atoms with Crippen molar-refractivity contribution in [3.63, 3.8) is 0 Å². The Bertz CT molecular complexity index is 806. The minimum Gasteiger partial charge on any atom is -0.347 e. The number of nitro benzene ring substituents is 1. The number of thiazole rings is 1. The highest BCUT2D eigenvalue weighted by atomic mass is 32.1. The number of hydrogen-bond acceptors (Lipinski definition) is 6. The third-order valence-electron chi connectivity index (χ3n) is 4.68. The van der Waals surface area contributed by atoms with Gasteiger partial charge in [0.25, 0.3) is 11.6 Å². The van der Waals surface area contributed by atoms with Gasteiger partial charge in [-0.1, -0.05) is 12.1 Å². The summed E-state index contributed by atoms with van der Waals surface area (Å²) >= 11 is 1.18. The fourth-order valence-electron chi connectivity index (χ4n) is 3.54. The molecule has 2 fully saturated rings. The summed E-state index contributed by atoms with van der Waals surface area (Å²) in [6.45, 7) is 0. The van der Waals surface area contributed by atoms with Crippen LogP contribution in [0.2, 0.25) is 0 Å². The van der Waals surface area contributed by atoms with Crippen LogP contribution in [0.25, 0.3) is 10.6 Å². The second-order valence-corrected chi connectivity index (χ2v) is 7.20. The summed E-state index contributed by atoms with van der Waals surface area (Å²) in [5, 5.41) is 18.2. The van der Waals surface area contributed by atoms with Gasteiger partial charge in [0.2, 0.25) is 0 Å². The number of benzene rings is 1. The maximum atomic E-state index is 12.4. The van der Waals surface area contributed by atoms with Gasteiger partial charge in [0.1, 0.15) is 9.88 Å². The standard InChI is InChI=1S/C16H16N4O3S/c21-15(19-12-7-9-5-6-11(12)18-9)14-8-17-16(24-14)10-3-1-2-4-13(10)20(22)23/h1-4,8-9,11-12,18H,5-7H2,(H,19,21). The van der Waals surface area contributed by atoms with E-state index in [0.29, 0.717) is 27.5 Å². The van der Waals surface area contributed by atoms with Crippen LogP contribution in [0.5, 0.6) is 0 Å². The number of amides is 1. The molecular weight excluding hydrogens is 328 g/mol. The van der Waals surface area contributed by atoms with Gasteiger partial charge in [0.05, 0.1) is 16.7 Å². The summed E-state index contributed by atoms with van der Waals surface area (Å²) in [7, 11) is 0. The van der Waals surface area contributed by atoms with Crippen molar-refractivity contribution in [3.8, 4) is 10.6 Å². The molecule has 124 valence electrons. The Balaban J connectivity index is 1.53. The predicted molar refractivity (Wildman–Crippen MR) is 90.0 cm³/mol. The first kappa shape index (κ1) is 15.2. The van der Waals surface area contributed by atoms with E-state index in [0.717, 1.165) is 12.8 Å². The average molecular weight is 344 g/mol. The molecule has 2 N–H and O–H groups in total. The number of nitrogens with one attached hydrogen (secondary N) is 2. The summed E-state index contributed by atoms with van der Waals surface area (Å²) < 4.78 is 0. The summed E-state index contributed by atoms with van der Waals surface area (Å²) in [5.74, 6) is -0.156. The minimum absolute atomic E-state index is 0.00360. The van der Waals surface area contributed by atoms with Gasteiger partial charge in [-0.15, -0.1) is 11.3 Å². The fraction of sp³-hybridized carbons (Fsp3) is 0.375. The third-order valence-corrected chi connectivity index (χ3v) is 5.71. The van der Waals surface area contributed by atoms with E-state index in [2.05, 4.69) is 15.6 Å². The predicted octanol–water partition coefficient (Wildman–Crippen LogP) is 2.34. The summed E-state index contributed by atoms with van der Waals surface area (Å²) in [6.07, 6.45) is 4.73. The maximum absolute atomic E-state index is 12.4. The van der Waals surface area contributed by atoms with Gasteiger partial charge in [-0.25, -0.2) is 4.98 Å². The van der Waals surface area contributed by atoms with E-state index in [1.54, 1.807) is 18.2 Å². The van der Waals surface area contributed by atoms with E-state index >= 15 is 0 Å². The summed E-state index contributed by atoms with van der Waals surface area (Å²) in [6, 6.07) is 7.48. The van der Waals surface area contributed by atoms with E-state index in [4.69, 9.17) is 0 Å². The van der Waals surface area contributed by atoms with Gasteiger partial charge < -0.3 is 10.6 Å². The molecule has 1 aromatic carbocycles. The Morgan fingerprint density at radius 2 is 2.21 bits per heavy atom. The van der Waals surface area contributed by atoms with E-state index in [1.807, 2.05) is 0 Å². The van der Waals surface area contributed by atoms with E-state index in [-0.39, 0.29) is 17.6 Å². The van der Waals surface area contributed by atoms with Crippen LogP contribution in [0.15, 0.2) is 30.5 Å². The van der Waals surface area contributed by atoms with Crippen LogP contribution < -0.4 is 10.6 Å². The third kappa shape index (κ3) is 2.67. The topological polar surface area (TPSA) is 97.2 Å². The lowest BCUT2D eigenvalue weighted by atomic mass is 9.95. The molecule has 2 bridgehead atoms. The first-order valence-corrected chi connectivity index (χ1v) is 8.70. The van der Waals surface area contributed by atoms with Gasteiger partial charge in [-0.2, -0.15) is 0 Å². The van der Waals surface area contributed by atoms with Gasteiger partial charge in [-0.3, -0.25) is 14.9 Å². The number of nitrogens with zero attached hydrogens (tertiary/aromatic N) is 2. The second kappa shape index (κ2) is 5.95. The van der Waals surface area contributed by atoms with Crippen LogP contribution in [0.3, 0.4) is 0 Å². The monoisotopic (exact) mass is 344 g/mol. The second-order valence-electron chi connectivity index (χ2n) is 6.17. The van der Waals surface area contributed by atoms with Crippen molar-refractivity contribution < 1.29 is 9.72 Å². The molecule has 2 aliphatic rings. The van der Waals surface area contributed by atoms with E-state index in [1.165, 1.54) is 30.0 Å². The number of carbonyl (C=O) groups excluding carboxylic acids is 1. The molecule has 8 heteroatoms. The molecule has 3 atom stereocenters. The molecule has 3 unspecified atom stereocenters. The Morgan fingerprint density at radius 3 is 2.92 bits per heavy atom. The fourth-order valence-corrected chi connectivity index (χ4v) is 4.39. The molecule has 0 radical (unpaired) electrons. The highest BCUT2D eigenvalue weighted by Crippen LogP contribution is 2.33. The molecule has 2 aromatic rings. The van der Waals surface area contributed by atoms with Crippen molar-refractivity contribution >= 4 is 22.9 Å². The molecular formula is C16H16N4O3S. The number of para-hydroxylation sites is 1. The van der Waals surface area contributed by atoms with Crippen molar-refractivity contribution in [1.82, 2.24) is 15.6 Å². The van der Waals surface area contributed by atoms with Crippen molar-refractivity contribution in [2.45, 2.75) is 37.4 Å². The van der Waals surface area contributed by atoms with Crippen molar-refractivity contribution in [2.75, 3.05) is 0 Å². The largest absolute Gasteiger partial charge is 0.347 e. The Kier molecular flexibility index (Phi) is 3.78. The molecule has 0 aliphatic carbocycles. The molecule has 2 aliphatic heterocycles. The average Bonchev–Trinajstić information content (AvgIpc) is 3.31. The molecule has 1 amide bonds. The number of fused-ring (bicyclic) bond motifs is 2. The highest BCUT2D eigenvalue weighted by molar-refractivity contribution is 7.17. The van der Waals surface area contributed by atoms with Gasteiger partial charge >= 0.3 is 0 Å². The minimum atomic E-state index is -0.433. The van der Waals surface area contributed by atoms with Crippen LogP contribution in [-0.4, -0.2) is 33.9 Å². The van der Waals surface area contributed by atoms with Gasteiger partial charge in [0.15, 0.2) is 0 Å². The number of hydrogen-bond donors (Lipinski definition) is 2. The number of carbonyl (C=O) groups is 1. The Morgan fingerprint density at radius 1 is 1.38 bits per heavy atom. The Labute approximate surface area is 142 Å². The van der Waals surface area contributed by atoms with E-state index in [9.17, 15) is 14.9 Å². The van der Waals surface area contributed by atoms with E-state index < -0.39 is 4.92 Å². The normalized spacial score (nSPS) is 24.9. The first-order valence-electron chi connectivity index (χ1n) is 7.88. The first-order chi connectivity index (χ1) is 11.6. The molecule has 4 rings (SSSR count). The molecule has 1 aromatic heterocycles. The quantitative estimate of drug-likeness (QED) is 0.655. The lowest BCUT2D eigenvalue weighted by Gasteiger charge is -2.20. The van der Waals surface area contributed by atoms with Crippen LogP contribution in [0, 0.1) is 10.1 Å². The Hall–Kier alpha value is -2.32. The van der Waals surface area contributed by atoms with Crippen molar-refractivity contribution in [3.05, 3.63) is 45.5 Å².